The number of nitrogens with zero attached hydrogens (tertiary/aromatic N) is 1. The molecule has 2 aliphatic rings. The first-order chi connectivity index (χ1) is 16.2. The van der Waals surface area contributed by atoms with Crippen LogP contribution in [0.5, 0.6) is 0 Å². The Morgan fingerprint density at radius 2 is 1.65 bits per heavy atom. The van der Waals surface area contributed by atoms with Crippen molar-refractivity contribution < 1.29 is 24.2 Å². The van der Waals surface area contributed by atoms with Gasteiger partial charge in [-0.3, -0.25) is 9.59 Å². The van der Waals surface area contributed by atoms with Crippen LogP contribution in [0.1, 0.15) is 57.1 Å². The zero-order valence-corrected chi connectivity index (χ0v) is 19.9. The molecule has 1 aliphatic heterocycles. The van der Waals surface area contributed by atoms with Gasteiger partial charge < -0.3 is 20.1 Å². The maximum Gasteiger partial charge on any atom is 0.407 e. The van der Waals surface area contributed by atoms with E-state index in [-0.39, 0.29) is 30.9 Å². The van der Waals surface area contributed by atoms with Crippen LogP contribution in [0.3, 0.4) is 0 Å². The van der Waals surface area contributed by atoms with E-state index in [0.717, 1.165) is 22.3 Å². The fourth-order valence-electron chi connectivity index (χ4n) is 5.39. The van der Waals surface area contributed by atoms with Crippen molar-refractivity contribution in [2.45, 2.75) is 57.5 Å². The van der Waals surface area contributed by atoms with Crippen LogP contribution in [0.4, 0.5) is 4.79 Å². The third kappa shape index (κ3) is 4.65. The van der Waals surface area contributed by atoms with Crippen molar-refractivity contribution in [3.8, 4) is 11.1 Å². The molecule has 2 aromatic rings. The van der Waals surface area contributed by atoms with Crippen LogP contribution in [-0.4, -0.2) is 52.7 Å². The Morgan fingerprint density at radius 3 is 2.21 bits per heavy atom. The molecule has 2 amide bonds. The van der Waals surface area contributed by atoms with E-state index in [1.165, 1.54) is 0 Å². The van der Waals surface area contributed by atoms with Crippen LogP contribution < -0.4 is 5.32 Å². The first-order valence-electron chi connectivity index (χ1n) is 11.9. The number of carboxylic acid groups (broad SMARTS) is 1. The number of ether oxygens (including phenoxy) is 1. The molecule has 1 saturated heterocycles. The van der Waals surface area contributed by atoms with E-state index < -0.39 is 23.5 Å². The van der Waals surface area contributed by atoms with Crippen molar-refractivity contribution in [3.63, 3.8) is 0 Å². The predicted molar refractivity (Wildman–Crippen MR) is 128 cm³/mol. The molecule has 1 heterocycles. The summed E-state index contributed by atoms with van der Waals surface area (Å²) in [6, 6.07) is 16.0. The number of alkyl carbamates (subject to hydrolysis) is 1. The van der Waals surface area contributed by atoms with Gasteiger partial charge in [0.25, 0.3) is 0 Å². The summed E-state index contributed by atoms with van der Waals surface area (Å²) in [5, 5.41) is 12.3. The Hall–Kier alpha value is -3.35. The summed E-state index contributed by atoms with van der Waals surface area (Å²) in [7, 11) is 0. The summed E-state index contributed by atoms with van der Waals surface area (Å²) in [5.74, 6) is -1.59. The van der Waals surface area contributed by atoms with Gasteiger partial charge in [-0.25, -0.2) is 4.79 Å². The number of fused-ring (bicyclic) bond motifs is 3. The van der Waals surface area contributed by atoms with Gasteiger partial charge in [0.2, 0.25) is 5.91 Å². The molecule has 2 aromatic carbocycles. The number of rotatable bonds is 7. The van der Waals surface area contributed by atoms with E-state index in [2.05, 4.69) is 29.6 Å². The fourth-order valence-corrected chi connectivity index (χ4v) is 5.39. The minimum atomic E-state index is -0.863. The van der Waals surface area contributed by atoms with Crippen molar-refractivity contribution in [1.29, 1.82) is 0 Å². The van der Waals surface area contributed by atoms with Gasteiger partial charge >= 0.3 is 12.1 Å². The number of carboxylic acids is 1. The smallest absolute Gasteiger partial charge is 0.407 e. The second kappa shape index (κ2) is 9.49. The number of likely N-dealkylation sites (tertiary alicyclic amines) is 1. The van der Waals surface area contributed by atoms with Gasteiger partial charge in [-0.2, -0.15) is 0 Å². The minimum Gasteiger partial charge on any atom is -0.481 e. The summed E-state index contributed by atoms with van der Waals surface area (Å²) in [6.07, 6.45) is 0.541. The van der Waals surface area contributed by atoms with E-state index >= 15 is 0 Å². The Labute approximate surface area is 200 Å². The largest absolute Gasteiger partial charge is 0.481 e. The number of carbonyl (C=O) groups is 3. The van der Waals surface area contributed by atoms with Crippen LogP contribution >= 0.6 is 0 Å². The lowest BCUT2D eigenvalue weighted by atomic mass is 9.97. The zero-order chi connectivity index (χ0) is 24.5. The summed E-state index contributed by atoms with van der Waals surface area (Å²) in [5.41, 5.74) is 3.76. The summed E-state index contributed by atoms with van der Waals surface area (Å²) in [6.45, 7) is 6.08. The number of carbonyl (C=O) groups excluding carboxylic acids is 2. The first-order valence-corrected chi connectivity index (χ1v) is 11.9. The SMILES string of the molecule is CCC1C(C(=O)O)CCN1C(=O)CC(C)(C)NC(=O)OCC1c2ccccc2-c2ccccc21. The highest BCUT2D eigenvalue weighted by Crippen LogP contribution is 2.44. The maximum atomic E-state index is 13.0. The number of aliphatic carboxylic acids is 1. The normalized spacial score (nSPS) is 19.4. The van der Waals surface area contributed by atoms with Crippen LogP contribution in [0.15, 0.2) is 48.5 Å². The predicted octanol–water partition coefficient (Wildman–Crippen LogP) is 4.41. The third-order valence-electron chi connectivity index (χ3n) is 6.98. The minimum absolute atomic E-state index is 0.0363. The van der Waals surface area contributed by atoms with E-state index in [1.807, 2.05) is 31.2 Å². The van der Waals surface area contributed by atoms with Gasteiger partial charge in [-0.05, 0) is 48.9 Å². The highest BCUT2D eigenvalue weighted by Gasteiger charge is 2.41. The van der Waals surface area contributed by atoms with E-state index in [0.29, 0.717) is 19.4 Å². The van der Waals surface area contributed by atoms with Crippen LogP contribution in [-0.2, 0) is 14.3 Å². The summed E-state index contributed by atoms with van der Waals surface area (Å²) >= 11 is 0. The van der Waals surface area contributed by atoms with E-state index in [9.17, 15) is 19.5 Å². The molecule has 4 rings (SSSR count). The molecule has 7 heteroatoms. The van der Waals surface area contributed by atoms with Gasteiger partial charge in [0.05, 0.1) is 5.92 Å². The molecule has 2 N–H and O–H groups in total. The molecular formula is C27H32N2O5. The number of hydrogen-bond acceptors (Lipinski definition) is 4. The van der Waals surface area contributed by atoms with Gasteiger partial charge in [-0.1, -0.05) is 55.5 Å². The van der Waals surface area contributed by atoms with Gasteiger partial charge in [-0.15, -0.1) is 0 Å². The molecule has 7 nitrogen and oxygen atoms in total. The van der Waals surface area contributed by atoms with Crippen molar-refractivity contribution >= 4 is 18.0 Å². The Kier molecular flexibility index (Phi) is 6.64. The average Bonchev–Trinajstić information content (AvgIpc) is 3.37. The molecule has 1 fully saturated rings. The topological polar surface area (TPSA) is 95.9 Å². The summed E-state index contributed by atoms with van der Waals surface area (Å²) in [4.78, 5) is 38.8. The molecule has 1 aliphatic carbocycles. The van der Waals surface area contributed by atoms with Gasteiger partial charge in [0, 0.05) is 30.5 Å². The molecule has 2 atom stereocenters. The van der Waals surface area contributed by atoms with Gasteiger partial charge in [0.1, 0.15) is 6.61 Å². The Bertz CT molecular complexity index is 1050. The summed E-state index contributed by atoms with van der Waals surface area (Å²) < 4.78 is 5.62. The molecular weight excluding hydrogens is 432 g/mol. The standard InChI is InChI=1S/C27H32N2O5/c1-4-23-21(25(31)32)13-14-29(23)24(30)15-27(2,3)28-26(33)34-16-22-19-11-7-5-9-17(19)18-10-6-8-12-20(18)22/h5-12,21-23H,4,13-16H2,1-3H3,(H,28,33)(H,31,32). The molecule has 180 valence electrons. The number of benzene rings is 2. The fraction of sp³-hybridized carbons (Fsp3) is 0.444. The quantitative estimate of drug-likeness (QED) is 0.633. The zero-order valence-electron chi connectivity index (χ0n) is 19.9. The van der Waals surface area contributed by atoms with E-state index in [1.54, 1.807) is 18.7 Å². The molecule has 0 aromatic heterocycles. The molecule has 0 bridgehead atoms. The highest BCUT2D eigenvalue weighted by molar-refractivity contribution is 5.81. The molecule has 34 heavy (non-hydrogen) atoms. The lowest BCUT2D eigenvalue weighted by Crippen LogP contribution is -2.49. The van der Waals surface area contributed by atoms with Crippen LogP contribution in [0, 0.1) is 5.92 Å². The van der Waals surface area contributed by atoms with Crippen molar-refractivity contribution in [3.05, 3.63) is 59.7 Å². The number of hydrogen-bond donors (Lipinski definition) is 2. The Morgan fingerprint density at radius 1 is 1.06 bits per heavy atom. The lowest BCUT2D eigenvalue weighted by Gasteiger charge is -2.31. The molecule has 0 saturated carbocycles. The van der Waals surface area contributed by atoms with Crippen molar-refractivity contribution in [2.75, 3.05) is 13.2 Å². The van der Waals surface area contributed by atoms with Crippen molar-refractivity contribution in [1.82, 2.24) is 10.2 Å². The monoisotopic (exact) mass is 464 g/mol. The maximum absolute atomic E-state index is 13.0. The molecule has 2 unspecified atom stereocenters. The Balaban J connectivity index is 1.36. The second-order valence-corrected chi connectivity index (χ2v) is 9.81. The number of nitrogens with one attached hydrogen (secondary N) is 1. The van der Waals surface area contributed by atoms with Gasteiger partial charge in [0.15, 0.2) is 0 Å². The first kappa shape index (κ1) is 23.8. The highest BCUT2D eigenvalue weighted by atomic mass is 16.5. The molecule has 0 radical (unpaired) electrons. The average molecular weight is 465 g/mol. The number of amides is 2. The van der Waals surface area contributed by atoms with Crippen molar-refractivity contribution in [2.24, 2.45) is 5.92 Å². The van der Waals surface area contributed by atoms with E-state index in [4.69, 9.17) is 4.74 Å². The second-order valence-electron chi connectivity index (χ2n) is 9.81. The van der Waals surface area contributed by atoms with Crippen LogP contribution in [0.2, 0.25) is 0 Å². The lowest BCUT2D eigenvalue weighted by molar-refractivity contribution is -0.143. The van der Waals surface area contributed by atoms with Crippen LogP contribution in [0.25, 0.3) is 11.1 Å². The molecule has 0 spiro atoms. The third-order valence-corrected chi connectivity index (χ3v) is 6.98.